The number of halogens is 3. The van der Waals surface area contributed by atoms with Gasteiger partial charge in [-0.1, -0.05) is 59.6 Å². The fourth-order valence-corrected chi connectivity index (χ4v) is 5.39. The standard InChI is InChI=1S/C27H21BrCl2N2O/c28-24-7-2-1-5-22(24)27(33)32-26(18-10-14-21(30)15-11-18)23-6-3-4-19(25(23)31-32)16-17-8-12-20(29)13-9-17/h1-2,5,7-16,23,26H,3-4,6H2/b19-16+. The summed E-state index contributed by atoms with van der Waals surface area (Å²) in [6.45, 7) is 0. The van der Waals surface area contributed by atoms with Gasteiger partial charge in [-0.25, -0.2) is 5.01 Å². The minimum atomic E-state index is -0.175. The second kappa shape index (κ2) is 9.46. The summed E-state index contributed by atoms with van der Waals surface area (Å²) in [5.41, 5.74) is 4.89. The molecule has 1 aliphatic heterocycles. The highest BCUT2D eigenvalue weighted by atomic mass is 79.9. The van der Waals surface area contributed by atoms with Gasteiger partial charge in [0.05, 0.1) is 17.3 Å². The zero-order chi connectivity index (χ0) is 22.9. The molecule has 3 nitrogen and oxygen atoms in total. The van der Waals surface area contributed by atoms with Gasteiger partial charge < -0.3 is 0 Å². The van der Waals surface area contributed by atoms with Crippen LogP contribution in [-0.4, -0.2) is 16.6 Å². The first-order chi connectivity index (χ1) is 16.0. The molecule has 1 saturated carbocycles. The first-order valence-electron chi connectivity index (χ1n) is 10.9. The molecular formula is C27H21BrCl2N2O. The van der Waals surface area contributed by atoms with Crippen LogP contribution in [0, 0.1) is 5.92 Å². The van der Waals surface area contributed by atoms with Gasteiger partial charge in [-0.05, 0) is 94.4 Å². The maximum absolute atomic E-state index is 13.7. The van der Waals surface area contributed by atoms with Crippen molar-refractivity contribution < 1.29 is 4.79 Å². The second-order valence-electron chi connectivity index (χ2n) is 8.33. The van der Waals surface area contributed by atoms with E-state index in [1.54, 1.807) is 5.01 Å². The van der Waals surface area contributed by atoms with E-state index in [0.717, 1.165) is 40.6 Å². The van der Waals surface area contributed by atoms with Crippen LogP contribution < -0.4 is 0 Å². The largest absolute Gasteiger partial charge is 0.275 e. The van der Waals surface area contributed by atoms with E-state index in [1.807, 2.05) is 72.8 Å². The minimum absolute atomic E-state index is 0.116. The summed E-state index contributed by atoms with van der Waals surface area (Å²) < 4.78 is 0.761. The molecule has 1 amide bonds. The van der Waals surface area contributed by atoms with Crippen molar-refractivity contribution >= 4 is 56.8 Å². The third kappa shape index (κ3) is 4.52. The van der Waals surface area contributed by atoms with Gasteiger partial charge in [-0.2, -0.15) is 5.10 Å². The van der Waals surface area contributed by atoms with E-state index in [4.69, 9.17) is 28.3 Å². The van der Waals surface area contributed by atoms with Crippen LogP contribution in [-0.2, 0) is 0 Å². The van der Waals surface area contributed by atoms with E-state index in [-0.39, 0.29) is 17.9 Å². The van der Waals surface area contributed by atoms with Crippen molar-refractivity contribution in [1.82, 2.24) is 5.01 Å². The summed E-state index contributed by atoms with van der Waals surface area (Å²) in [6, 6.07) is 22.9. The lowest BCUT2D eigenvalue weighted by Gasteiger charge is -2.30. The first-order valence-corrected chi connectivity index (χ1v) is 12.4. The number of carbonyl (C=O) groups is 1. The normalized spacial score (nSPS) is 21.1. The Kier molecular flexibility index (Phi) is 6.42. The van der Waals surface area contributed by atoms with Crippen LogP contribution in [0.5, 0.6) is 0 Å². The molecule has 5 rings (SSSR count). The molecule has 3 aromatic rings. The molecule has 3 aromatic carbocycles. The maximum atomic E-state index is 13.7. The first kappa shape index (κ1) is 22.4. The molecule has 2 atom stereocenters. The molecule has 33 heavy (non-hydrogen) atoms. The van der Waals surface area contributed by atoms with E-state index in [2.05, 4.69) is 22.0 Å². The van der Waals surface area contributed by atoms with Gasteiger partial charge in [0.15, 0.2) is 0 Å². The lowest BCUT2D eigenvalue weighted by Crippen LogP contribution is -2.32. The SMILES string of the molecule is O=C(c1ccccc1Br)N1N=C2/C(=C/c3ccc(Cl)cc3)CCCC2C1c1ccc(Cl)cc1. The lowest BCUT2D eigenvalue weighted by molar-refractivity contribution is 0.0680. The van der Waals surface area contributed by atoms with Gasteiger partial charge in [0.25, 0.3) is 5.91 Å². The second-order valence-corrected chi connectivity index (χ2v) is 10.1. The highest BCUT2D eigenvalue weighted by Gasteiger charge is 2.44. The van der Waals surface area contributed by atoms with E-state index in [0.29, 0.717) is 15.6 Å². The van der Waals surface area contributed by atoms with Gasteiger partial charge in [-0.15, -0.1) is 0 Å². The van der Waals surface area contributed by atoms with Crippen molar-refractivity contribution in [3.05, 3.63) is 110 Å². The fourth-order valence-electron chi connectivity index (χ4n) is 4.68. The van der Waals surface area contributed by atoms with Crippen LogP contribution in [0.4, 0.5) is 0 Å². The Balaban J connectivity index is 1.59. The highest BCUT2D eigenvalue weighted by molar-refractivity contribution is 9.10. The van der Waals surface area contributed by atoms with Gasteiger partial charge in [0.2, 0.25) is 0 Å². The maximum Gasteiger partial charge on any atom is 0.275 e. The monoisotopic (exact) mass is 538 g/mol. The summed E-state index contributed by atoms with van der Waals surface area (Å²) in [5.74, 6) is 0.0140. The zero-order valence-corrected chi connectivity index (χ0v) is 20.8. The van der Waals surface area contributed by atoms with Crippen LogP contribution in [0.1, 0.15) is 46.8 Å². The van der Waals surface area contributed by atoms with Gasteiger partial charge in [-0.3, -0.25) is 4.79 Å². The predicted octanol–water partition coefficient (Wildman–Crippen LogP) is 8.19. The van der Waals surface area contributed by atoms with Gasteiger partial charge >= 0.3 is 0 Å². The predicted molar refractivity (Wildman–Crippen MR) is 139 cm³/mol. The molecule has 1 aliphatic carbocycles. The molecular weight excluding hydrogens is 519 g/mol. The molecule has 0 saturated heterocycles. The number of fused-ring (bicyclic) bond motifs is 1. The average Bonchev–Trinajstić information content (AvgIpc) is 3.22. The number of amides is 1. The molecule has 0 bridgehead atoms. The van der Waals surface area contributed by atoms with Gasteiger partial charge in [0.1, 0.15) is 0 Å². The van der Waals surface area contributed by atoms with Crippen molar-refractivity contribution in [1.29, 1.82) is 0 Å². The molecule has 0 aromatic heterocycles. The number of hydrazone groups is 1. The van der Waals surface area contributed by atoms with Crippen molar-refractivity contribution in [3.63, 3.8) is 0 Å². The molecule has 6 heteroatoms. The van der Waals surface area contributed by atoms with Crippen molar-refractivity contribution in [2.75, 3.05) is 0 Å². The van der Waals surface area contributed by atoms with E-state index in [1.165, 1.54) is 5.57 Å². The Labute approximate surface area is 211 Å². The summed E-state index contributed by atoms with van der Waals surface area (Å²) >= 11 is 15.8. The van der Waals surface area contributed by atoms with Gasteiger partial charge in [0, 0.05) is 20.4 Å². The lowest BCUT2D eigenvalue weighted by atomic mass is 9.77. The minimum Gasteiger partial charge on any atom is -0.267 e. The molecule has 2 aliphatic rings. The van der Waals surface area contributed by atoms with Crippen molar-refractivity contribution in [2.45, 2.75) is 25.3 Å². The fraction of sp³-hybridized carbons (Fsp3) is 0.185. The smallest absolute Gasteiger partial charge is 0.267 e. The molecule has 0 N–H and O–H groups in total. The average molecular weight is 540 g/mol. The Morgan fingerprint density at radius 3 is 2.33 bits per heavy atom. The summed E-state index contributed by atoms with van der Waals surface area (Å²) in [7, 11) is 0. The molecule has 0 radical (unpaired) electrons. The number of rotatable bonds is 3. The number of hydrogen-bond acceptors (Lipinski definition) is 2. The van der Waals surface area contributed by atoms with Crippen molar-refractivity contribution in [3.8, 4) is 0 Å². The highest BCUT2D eigenvalue weighted by Crippen LogP contribution is 2.45. The number of hydrogen-bond donors (Lipinski definition) is 0. The Bertz CT molecular complexity index is 1250. The topological polar surface area (TPSA) is 32.7 Å². The molecule has 1 fully saturated rings. The quantitative estimate of drug-likeness (QED) is 0.330. The number of allylic oxidation sites excluding steroid dienone is 1. The van der Waals surface area contributed by atoms with E-state index >= 15 is 0 Å². The number of benzene rings is 3. The number of nitrogens with zero attached hydrogens (tertiary/aromatic N) is 2. The van der Waals surface area contributed by atoms with E-state index < -0.39 is 0 Å². The van der Waals surface area contributed by atoms with Crippen LogP contribution >= 0.6 is 39.1 Å². The van der Waals surface area contributed by atoms with Crippen molar-refractivity contribution in [2.24, 2.45) is 11.0 Å². The summed E-state index contributed by atoms with van der Waals surface area (Å²) in [5, 5.41) is 8.01. The third-order valence-electron chi connectivity index (χ3n) is 6.24. The third-order valence-corrected chi connectivity index (χ3v) is 7.43. The Morgan fingerprint density at radius 2 is 1.64 bits per heavy atom. The molecule has 0 spiro atoms. The van der Waals surface area contributed by atoms with Crippen LogP contribution in [0.2, 0.25) is 10.0 Å². The summed E-state index contributed by atoms with van der Waals surface area (Å²) in [4.78, 5) is 13.7. The Morgan fingerprint density at radius 1 is 0.970 bits per heavy atom. The molecule has 2 unspecified atom stereocenters. The molecule has 166 valence electrons. The van der Waals surface area contributed by atoms with E-state index in [9.17, 15) is 4.79 Å². The molecule has 1 heterocycles. The Hall–Kier alpha value is -2.40. The number of carbonyl (C=O) groups excluding carboxylic acids is 1. The van der Waals surface area contributed by atoms with Crippen LogP contribution in [0.25, 0.3) is 6.08 Å². The summed E-state index contributed by atoms with van der Waals surface area (Å²) in [6.07, 6.45) is 5.13. The van der Waals surface area contributed by atoms with Crippen LogP contribution in [0.15, 0.2) is 87.9 Å². The van der Waals surface area contributed by atoms with Crippen LogP contribution in [0.3, 0.4) is 0 Å². The zero-order valence-electron chi connectivity index (χ0n) is 17.7.